The smallest absolute Gasteiger partial charge is 0.270 e. The predicted octanol–water partition coefficient (Wildman–Crippen LogP) is 3.13. The van der Waals surface area contributed by atoms with Gasteiger partial charge in [0.2, 0.25) is 15.9 Å². The predicted molar refractivity (Wildman–Crippen MR) is 126 cm³/mol. The molecule has 0 aromatic carbocycles. The number of nitrogens with zero attached hydrogens (tertiary/aromatic N) is 2. The molecule has 1 aliphatic carbocycles. The number of amides is 2. The van der Waals surface area contributed by atoms with Gasteiger partial charge in [0.05, 0.1) is 5.92 Å². The third-order valence-electron chi connectivity index (χ3n) is 7.54. The molecule has 1 aromatic rings. The van der Waals surface area contributed by atoms with Gasteiger partial charge in [0.25, 0.3) is 5.91 Å². The normalized spacial score (nSPS) is 27.7. The maximum atomic E-state index is 13.3. The van der Waals surface area contributed by atoms with Crippen molar-refractivity contribution < 1.29 is 18.0 Å². The maximum absolute atomic E-state index is 13.3. The van der Waals surface area contributed by atoms with Gasteiger partial charge < -0.3 is 15.2 Å². The van der Waals surface area contributed by atoms with E-state index in [0.29, 0.717) is 44.1 Å². The van der Waals surface area contributed by atoms with Crippen LogP contribution in [0.4, 0.5) is 0 Å². The molecule has 2 aliphatic heterocycles. The number of carbonyl (C=O) groups is 2. The van der Waals surface area contributed by atoms with Crippen molar-refractivity contribution in [3.05, 3.63) is 18.0 Å². The quantitative estimate of drug-likeness (QED) is 0.679. The van der Waals surface area contributed by atoms with E-state index in [-0.39, 0.29) is 35.2 Å². The van der Waals surface area contributed by atoms with Crippen LogP contribution in [0.3, 0.4) is 0 Å². The van der Waals surface area contributed by atoms with Gasteiger partial charge in [0.1, 0.15) is 10.6 Å². The molecule has 2 saturated heterocycles. The van der Waals surface area contributed by atoms with Crippen LogP contribution in [0.1, 0.15) is 81.6 Å². The third kappa shape index (κ3) is 5.80. The highest BCUT2D eigenvalue weighted by atomic mass is 32.2. The molecule has 4 rings (SSSR count). The van der Waals surface area contributed by atoms with Crippen LogP contribution in [-0.2, 0) is 14.8 Å². The molecule has 3 fully saturated rings. The molecule has 0 unspecified atom stereocenters. The maximum Gasteiger partial charge on any atom is 0.270 e. The van der Waals surface area contributed by atoms with Crippen LogP contribution in [0.2, 0.25) is 0 Å². The molecule has 3 heterocycles. The molecule has 1 saturated carbocycles. The van der Waals surface area contributed by atoms with E-state index in [1.54, 1.807) is 0 Å². The minimum Gasteiger partial charge on any atom is -0.356 e. The number of piperidine rings is 1. The van der Waals surface area contributed by atoms with Gasteiger partial charge in [0.15, 0.2) is 0 Å². The van der Waals surface area contributed by atoms with Crippen molar-refractivity contribution in [3.8, 4) is 0 Å². The number of hydrogen-bond acceptors (Lipinski definition) is 4. The number of aromatic amines is 1. The Bertz CT molecular complexity index is 928. The van der Waals surface area contributed by atoms with Crippen molar-refractivity contribution in [2.24, 2.45) is 11.8 Å². The Morgan fingerprint density at radius 3 is 2.36 bits per heavy atom. The number of nitrogens with one attached hydrogen (secondary N) is 2. The Morgan fingerprint density at radius 2 is 1.67 bits per heavy atom. The van der Waals surface area contributed by atoms with Crippen molar-refractivity contribution in [1.29, 1.82) is 0 Å². The summed E-state index contributed by atoms with van der Waals surface area (Å²) in [6.45, 7) is 4.26. The summed E-state index contributed by atoms with van der Waals surface area (Å²) in [4.78, 5) is 30.5. The van der Waals surface area contributed by atoms with Crippen LogP contribution in [0.15, 0.2) is 17.2 Å². The van der Waals surface area contributed by atoms with E-state index in [9.17, 15) is 18.0 Å². The van der Waals surface area contributed by atoms with Gasteiger partial charge in [-0.05, 0) is 63.4 Å². The molecule has 1 atom stereocenters. The minimum atomic E-state index is -3.77. The molecule has 9 heteroatoms. The highest BCUT2D eigenvalue weighted by Gasteiger charge is 2.35. The van der Waals surface area contributed by atoms with E-state index in [4.69, 9.17) is 0 Å². The molecular formula is C24H38N4O4S. The minimum absolute atomic E-state index is 0.0273. The summed E-state index contributed by atoms with van der Waals surface area (Å²) in [6.07, 6.45) is 11.2. The number of sulfonamides is 1. The standard InChI is InChI=1S/C24H38N4O4S/c1-18-8-10-20(11-9-18)26-23(29)19-7-6-14-28(17-19)33(31,32)21-15-22(25-16-21)24(30)27-12-4-2-3-5-13-27/h15-16,18-20,25H,2-14,17H2,1H3,(H,26,29)/t18?,19-,20?/m0/s1. The molecule has 2 amide bonds. The van der Waals surface area contributed by atoms with Gasteiger partial charge in [-0.2, -0.15) is 4.31 Å². The number of likely N-dealkylation sites (tertiary alicyclic amines) is 1. The lowest BCUT2D eigenvalue weighted by Crippen LogP contribution is -2.48. The molecular weight excluding hydrogens is 440 g/mol. The van der Waals surface area contributed by atoms with E-state index in [0.717, 1.165) is 51.4 Å². The molecule has 0 spiro atoms. The van der Waals surface area contributed by atoms with Gasteiger partial charge >= 0.3 is 0 Å². The van der Waals surface area contributed by atoms with Crippen LogP contribution in [-0.4, -0.2) is 66.6 Å². The van der Waals surface area contributed by atoms with E-state index in [1.165, 1.54) is 16.6 Å². The van der Waals surface area contributed by atoms with E-state index in [2.05, 4.69) is 17.2 Å². The zero-order valence-electron chi connectivity index (χ0n) is 19.7. The molecule has 1 aromatic heterocycles. The van der Waals surface area contributed by atoms with E-state index in [1.807, 2.05) is 4.90 Å². The van der Waals surface area contributed by atoms with Gasteiger partial charge in [-0.25, -0.2) is 8.42 Å². The SMILES string of the molecule is CC1CCC(NC(=O)[C@H]2CCCN(S(=O)(=O)c3c[nH]c(C(=O)N4CCCCCC4)c3)C2)CC1. The molecule has 3 aliphatic rings. The van der Waals surface area contributed by atoms with Crippen molar-refractivity contribution in [2.75, 3.05) is 26.2 Å². The summed E-state index contributed by atoms with van der Waals surface area (Å²) in [7, 11) is -3.77. The lowest BCUT2D eigenvalue weighted by atomic mass is 9.87. The highest BCUT2D eigenvalue weighted by molar-refractivity contribution is 7.89. The first-order valence-electron chi connectivity index (χ1n) is 12.6. The monoisotopic (exact) mass is 478 g/mol. The lowest BCUT2D eigenvalue weighted by Gasteiger charge is -2.33. The van der Waals surface area contributed by atoms with Crippen LogP contribution >= 0.6 is 0 Å². The summed E-state index contributed by atoms with van der Waals surface area (Å²) in [5.41, 5.74) is 0.313. The lowest BCUT2D eigenvalue weighted by molar-refractivity contribution is -0.127. The fraction of sp³-hybridized carbons (Fsp3) is 0.750. The Morgan fingerprint density at radius 1 is 0.970 bits per heavy atom. The summed E-state index contributed by atoms with van der Waals surface area (Å²) < 4.78 is 28.0. The molecule has 0 radical (unpaired) electrons. The number of hydrogen-bond donors (Lipinski definition) is 2. The average Bonchev–Trinajstić information content (AvgIpc) is 3.17. The molecule has 2 N–H and O–H groups in total. The van der Waals surface area contributed by atoms with Crippen LogP contribution in [0, 0.1) is 11.8 Å². The Hall–Kier alpha value is -1.87. The second kappa shape index (κ2) is 10.6. The second-order valence-electron chi connectivity index (χ2n) is 10.1. The zero-order chi connectivity index (χ0) is 23.4. The first kappa shape index (κ1) is 24.3. The van der Waals surface area contributed by atoms with Crippen molar-refractivity contribution in [1.82, 2.24) is 19.5 Å². The van der Waals surface area contributed by atoms with E-state index >= 15 is 0 Å². The fourth-order valence-electron chi connectivity index (χ4n) is 5.34. The van der Waals surface area contributed by atoms with Crippen molar-refractivity contribution >= 4 is 21.8 Å². The third-order valence-corrected chi connectivity index (χ3v) is 9.38. The highest BCUT2D eigenvalue weighted by Crippen LogP contribution is 2.27. The Kier molecular flexibility index (Phi) is 7.79. The van der Waals surface area contributed by atoms with Gasteiger partial charge in [-0.1, -0.05) is 19.8 Å². The van der Waals surface area contributed by atoms with Crippen LogP contribution in [0.25, 0.3) is 0 Å². The first-order chi connectivity index (χ1) is 15.8. The van der Waals surface area contributed by atoms with Crippen LogP contribution in [0.5, 0.6) is 0 Å². The number of H-pyrrole nitrogens is 1. The molecule has 33 heavy (non-hydrogen) atoms. The van der Waals surface area contributed by atoms with Gasteiger partial charge in [0, 0.05) is 38.4 Å². The summed E-state index contributed by atoms with van der Waals surface area (Å²) >= 11 is 0. The molecule has 8 nitrogen and oxygen atoms in total. The number of rotatable bonds is 5. The fourth-order valence-corrected chi connectivity index (χ4v) is 6.86. The largest absolute Gasteiger partial charge is 0.356 e. The molecule has 0 bridgehead atoms. The summed E-state index contributed by atoms with van der Waals surface area (Å²) in [5, 5.41) is 3.16. The van der Waals surface area contributed by atoms with Gasteiger partial charge in [-0.3, -0.25) is 9.59 Å². The summed E-state index contributed by atoms with van der Waals surface area (Å²) in [5.74, 6) is 0.215. The zero-order valence-corrected chi connectivity index (χ0v) is 20.5. The summed E-state index contributed by atoms with van der Waals surface area (Å²) in [6, 6.07) is 1.66. The average molecular weight is 479 g/mol. The van der Waals surface area contributed by atoms with Crippen LogP contribution < -0.4 is 5.32 Å². The second-order valence-corrected chi connectivity index (χ2v) is 12.1. The number of aromatic nitrogens is 1. The van der Waals surface area contributed by atoms with Crippen molar-refractivity contribution in [2.45, 2.75) is 82.1 Å². The Balaban J connectivity index is 1.38. The topological polar surface area (TPSA) is 103 Å². The van der Waals surface area contributed by atoms with E-state index < -0.39 is 10.0 Å². The van der Waals surface area contributed by atoms with Gasteiger partial charge in [-0.15, -0.1) is 0 Å². The number of carbonyl (C=O) groups excluding carboxylic acids is 2. The molecule has 184 valence electrons. The first-order valence-corrected chi connectivity index (χ1v) is 14.1. The van der Waals surface area contributed by atoms with Crippen molar-refractivity contribution in [3.63, 3.8) is 0 Å². The Labute approximate surface area is 197 Å².